The SMILES string of the molecule is Fc1cc2c(c(CSc3ncc(-c4ccccc4)n3CC(F)(F)F)c1)OCOC2. The number of nitrogens with zero attached hydrogens (tertiary/aromatic N) is 2. The molecule has 4 rings (SSSR count). The number of imidazole rings is 1. The first-order valence-corrected chi connectivity index (χ1v) is 9.71. The van der Waals surface area contributed by atoms with Crippen LogP contribution in [-0.2, 0) is 23.6 Å². The summed E-state index contributed by atoms with van der Waals surface area (Å²) in [5, 5.41) is 0.200. The minimum atomic E-state index is -4.40. The lowest BCUT2D eigenvalue weighted by Gasteiger charge is -2.21. The van der Waals surface area contributed by atoms with E-state index in [4.69, 9.17) is 9.47 Å². The third-order valence-electron chi connectivity index (χ3n) is 4.33. The average molecular weight is 424 g/mol. The van der Waals surface area contributed by atoms with Crippen LogP contribution in [0, 0.1) is 5.82 Å². The van der Waals surface area contributed by atoms with Crippen molar-refractivity contribution in [1.82, 2.24) is 9.55 Å². The van der Waals surface area contributed by atoms with Crippen LogP contribution in [0.5, 0.6) is 5.75 Å². The highest BCUT2D eigenvalue weighted by molar-refractivity contribution is 7.98. The molecule has 0 fully saturated rings. The monoisotopic (exact) mass is 424 g/mol. The first kappa shape index (κ1) is 19.8. The van der Waals surface area contributed by atoms with Gasteiger partial charge in [-0.05, 0) is 17.7 Å². The highest BCUT2D eigenvalue weighted by atomic mass is 32.2. The van der Waals surface area contributed by atoms with Gasteiger partial charge in [-0.3, -0.25) is 0 Å². The summed E-state index contributed by atoms with van der Waals surface area (Å²) in [6, 6.07) is 11.4. The van der Waals surface area contributed by atoms with E-state index in [0.717, 1.165) is 16.3 Å². The van der Waals surface area contributed by atoms with Crippen LogP contribution < -0.4 is 4.74 Å². The zero-order chi connectivity index (χ0) is 20.4. The van der Waals surface area contributed by atoms with Crippen molar-refractivity contribution < 1.29 is 27.0 Å². The Morgan fingerprint density at radius 1 is 1.14 bits per heavy atom. The van der Waals surface area contributed by atoms with Gasteiger partial charge < -0.3 is 14.0 Å². The van der Waals surface area contributed by atoms with Crippen molar-refractivity contribution in [3.05, 3.63) is 65.6 Å². The van der Waals surface area contributed by atoms with Crippen LogP contribution in [0.2, 0.25) is 0 Å². The van der Waals surface area contributed by atoms with Crippen LogP contribution in [0.3, 0.4) is 0 Å². The van der Waals surface area contributed by atoms with Gasteiger partial charge >= 0.3 is 6.18 Å². The molecule has 152 valence electrons. The zero-order valence-corrected chi connectivity index (χ0v) is 15.9. The molecule has 0 N–H and O–H groups in total. The number of thioether (sulfide) groups is 1. The summed E-state index contributed by atoms with van der Waals surface area (Å²) in [6.45, 7) is -0.881. The lowest BCUT2D eigenvalue weighted by Crippen LogP contribution is -2.19. The van der Waals surface area contributed by atoms with Gasteiger partial charge in [0.15, 0.2) is 11.9 Å². The largest absolute Gasteiger partial charge is 0.467 e. The molecule has 1 aliphatic heterocycles. The minimum absolute atomic E-state index is 0.0527. The second-order valence-electron chi connectivity index (χ2n) is 6.45. The molecule has 4 nitrogen and oxygen atoms in total. The smallest absolute Gasteiger partial charge is 0.406 e. The molecule has 0 radical (unpaired) electrons. The number of alkyl halides is 3. The van der Waals surface area contributed by atoms with Crippen LogP contribution in [-0.4, -0.2) is 22.5 Å². The zero-order valence-electron chi connectivity index (χ0n) is 15.1. The van der Waals surface area contributed by atoms with Gasteiger partial charge in [0.05, 0.1) is 18.5 Å². The maximum atomic E-state index is 13.9. The number of halogens is 4. The molecule has 1 aromatic heterocycles. The molecule has 3 aromatic rings. The van der Waals surface area contributed by atoms with E-state index in [1.165, 1.54) is 18.3 Å². The summed E-state index contributed by atoms with van der Waals surface area (Å²) >= 11 is 1.10. The van der Waals surface area contributed by atoms with Gasteiger partial charge in [-0.2, -0.15) is 13.2 Å². The Balaban J connectivity index is 1.64. The van der Waals surface area contributed by atoms with Gasteiger partial charge in [0.1, 0.15) is 18.1 Å². The fourth-order valence-electron chi connectivity index (χ4n) is 3.15. The van der Waals surface area contributed by atoms with Crippen molar-refractivity contribution in [2.24, 2.45) is 0 Å². The molecule has 0 saturated heterocycles. The standard InChI is InChI=1S/C20H16F4N2O2S/c21-16-6-14-9-27-12-28-18(14)15(7-16)10-29-19-25-8-17(13-4-2-1-3-5-13)26(19)11-20(22,23)24/h1-8H,9-12H2. The van der Waals surface area contributed by atoms with Crippen molar-refractivity contribution in [3.8, 4) is 17.0 Å². The molecular weight excluding hydrogens is 408 g/mol. The molecule has 9 heteroatoms. The minimum Gasteiger partial charge on any atom is -0.467 e. The van der Waals surface area contributed by atoms with Crippen LogP contribution >= 0.6 is 11.8 Å². The fourth-order valence-corrected chi connectivity index (χ4v) is 4.10. The summed E-state index contributed by atoms with van der Waals surface area (Å²) < 4.78 is 65.3. The normalized spacial score (nSPS) is 13.8. The summed E-state index contributed by atoms with van der Waals surface area (Å²) in [5.74, 6) is 0.280. The van der Waals surface area contributed by atoms with E-state index >= 15 is 0 Å². The van der Waals surface area contributed by atoms with Crippen LogP contribution in [0.1, 0.15) is 11.1 Å². The Hall–Kier alpha value is -2.52. The molecule has 0 spiro atoms. The lowest BCUT2D eigenvalue weighted by atomic mass is 10.1. The molecule has 0 aliphatic carbocycles. The third kappa shape index (κ3) is 4.56. The first-order valence-electron chi connectivity index (χ1n) is 8.73. The molecule has 0 unspecified atom stereocenters. The number of ether oxygens (including phenoxy) is 2. The quantitative estimate of drug-likeness (QED) is 0.405. The van der Waals surface area contributed by atoms with Gasteiger partial charge in [0.2, 0.25) is 0 Å². The summed E-state index contributed by atoms with van der Waals surface area (Å²) in [7, 11) is 0. The molecular formula is C20H16F4N2O2S. The molecule has 0 bridgehead atoms. The number of fused-ring (bicyclic) bond motifs is 1. The van der Waals surface area contributed by atoms with Gasteiger partial charge in [-0.1, -0.05) is 42.1 Å². The molecule has 0 atom stereocenters. The van der Waals surface area contributed by atoms with E-state index < -0.39 is 18.5 Å². The Bertz CT molecular complexity index is 1010. The number of benzene rings is 2. The van der Waals surface area contributed by atoms with E-state index in [2.05, 4.69) is 4.98 Å². The fraction of sp³-hybridized carbons (Fsp3) is 0.250. The van der Waals surface area contributed by atoms with Crippen LogP contribution in [0.4, 0.5) is 17.6 Å². The number of hydrogen-bond acceptors (Lipinski definition) is 4. The highest BCUT2D eigenvalue weighted by Gasteiger charge is 2.31. The topological polar surface area (TPSA) is 36.3 Å². The number of rotatable bonds is 5. The summed E-state index contributed by atoms with van der Waals surface area (Å²) in [4.78, 5) is 4.19. The molecule has 1 aliphatic rings. The Morgan fingerprint density at radius 3 is 2.69 bits per heavy atom. The van der Waals surface area contributed by atoms with E-state index in [-0.39, 0.29) is 24.3 Å². The Morgan fingerprint density at radius 2 is 1.93 bits per heavy atom. The Kier molecular flexibility index (Phi) is 5.51. The molecule has 29 heavy (non-hydrogen) atoms. The maximum Gasteiger partial charge on any atom is 0.406 e. The van der Waals surface area contributed by atoms with Crippen LogP contribution in [0.15, 0.2) is 53.8 Å². The van der Waals surface area contributed by atoms with E-state index in [9.17, 15) is 17.6 Å². The highest BCUT2D eigenvalue weighted by Crippen LogP contribution is 2.36. The number of hydrogen-bond donors (Lipinski definition) is 0. The van der Waals surface area contributed by atoms with Crippen molar-refractivity contribution in [1.29, 1.82) is 0 Å². The van der Waals surface area contributed by atoms with E-state index in [1.54, 1.807) is 30.3 Å². The van der Waals surface area contributed by atoms with Gasteiger partial charge in [0, 0.05) is 16.9 Å². The Labute approximate surface area is 168 Å². The maximum absolute atomic E-state index is 13.9. The van der Waals surface area contributed by atoms with Gasteiger partial charge in [-0.15, -0.1) is 0 Å². The summed E-state index contributed by atoms with van der Waals surface area (Å²) in [5.41, 5.74) is 2.14. The van der Waals surface area contributed by atoms with Crippen LogP contribution in [0.25, 0.3) is 11.3 Å². The van der Waals surface area contributed by atoms with Crippen molar-refractivity contribution in [3.63, 3.8) is 0 Å². The molecule has 0 saturated carbocycles. The summed E-state index contributed by atoms with van der Waals surface area (Å²) in [6.07, 6.45) is -2.98. The predicted octanol–water partition coefficient (Wildman–Crippen LogP) is 5.41. The van der Waals surface area contributed by atoms with E-state index in [1.807, 2.05) is 0 Å². The average Bonchev–Trinajstić information content (AvgIpc) is 3.07. The second-order valence-corrected chi connectivity index (χ2v) is 7.39. The van der Waals surface area contributed by atoms with Gasteiger partial charge in [-0.25, -0.2) is 9.37 Å². The molecule has 2 aromatic carbocycles. The van der Waals surface area contributed by atoms with Crippen molar-refractivity contribution in [2.45, 2.75) is 30.2 Å². The van der Waals surface area contributed by atoms with Gasteiger partial charge in [0.25, 0.3) is 0 Å². The lowest BCUT2D eigenvalue weighted by molar-refractivity contribution is -0.141. The van der Waals surface area contributed by atoms with Crippen molar-refractivity contribution in [2.75, 3.05) is 6.79 Å². The van der Waals surface area contributed by atoms with E-state index in [0.29, 0.717) is 28.1 Å². The predicted molar refractivity (Wildman–Crippen MR) is 100.0 cm³/mol. The first-order chi connectivity index (χ1) is 13.9. The molecule has 0 amide bonds. The third-order valence-corrected chi connectivity index (χ3v) is 5.37. The number of aromatic nitrogens is 2. The van der Waals surface area contributed by atoms with Crippen molar-refractivity contribution >= 4 is 11.8 Å². The molecule has 2 heterocycles. The second kappa shape index (κ2) is 8.08.